The number of likely N-dealkylation sites (tertiary alicyclic amines) is 1. The second kappa shape index (κ2) is 8.25. The summed E-state index contributed by atoms with van der Waals surface area (Å²) in [4.78, 5) is 26.7. The van der Waals surface area contributed by atoms with Crippen molar-refractivity contribution >= 4 is 11.8 Å². The van der Waals surface area contributed by atoms with Crippen molar-refractivity contribution in [1.82, 2.24) is 10.2 Å². The van der Waals surface area contributed by atoms with Gasteiger partial charge >= 0.3 is 0 Å². The van der Waals surface area contributed by atoms with Crippen LogP contribution in [0, 0.1) is 0 Å². The molecule has 2 aromatic rings. The largest absolute Gasteiger partial charge is 0.508 e. The van der Waals surface area contributed by atoms with Gasteiger partial charge in [-0.2, -0.15) is 0 Å². The summed E-state index contributed by atoms with van der Waals surface area (Å²) in [5, 5.41) is 12.6. The predicted molar refractivity (Wildman–Crippen MR) is 105 cm³/mol. The van der Waals surface area contributed by atoms with Crippen LogP contribution in [0.3, 0.4) is 0 Å². The fourth-order valence-electron chi connectivity index (χ4n) is 3.34. The van der Waals surface area contributed by atoms with E-state index in [1.54, 1.807) is 23.1 Å². The number of nitrogens with zero attached hydrogens (tertiary/aromatic N) is 1. The molecular formula is C22H26N2O3. The zero-order valence-corrected chi connectivity index (χ0v) is 15.8. The molecular weight excluding hydrogens is 340 g/mol. The SMILES string of the molecule is CC(C)c1ccc(C(=O)NC2CCN(C(=O)c3cccc(O)c3)CC2)cc1. The third kappa shape index (κ3) is 4.67. The number of carbonyl (C=O) groups excluding carboxylic acids is 2. The molecule has 0 atom stereocenters. The topological polar surface area (TPSA) is 69.6 Å². The fourth-order valence-corrected chi connectivity index (χ4v) is 3.34. The highest BCUT2D eigenvalue weighted by Gasteiger charge is 2.25. The average molecular weight is 366 g/mol. The van der Waals surface area contributed by atoms with Gasteiger partial charge in [0.2, 0.25) is 0 Å². The molecule has 2 N–H and O–H groups in total. The minimum atomic E-state index is -0.0834. The monoisotopic (exact) mass is 366 g/mol. The molecule has 27 heavy (non-hydrogen) atoms. The van der Waals surface area contributed by atoms with Crippen LogP contribution < -0.4 is 5.32 Å². The molecule has 0 unspecified atom stereocenters. The van der Waals surface area contributed by atoms with Crippen LogP contribution in [0.25, 0.3) is 0 Å². The van der Waals surface area contributed by atoms with E-state index in [1.165, 1.54) is 11.6 Å². The van der Waals surface area contributed by atoms with Gasteiger partial charge in [0.05, 0.1) is 0 Å². The second-order valence-electron chi connectivity index (χ2n) is 7.37. The molecule has 5 heteroatoms. The Labute approximate surface area is 160 Å². The maximum absolute atomic E-state index is 12.5. The Morgan fingerprint density at radius 2 is 1.70 bits per heavy atom. The molecule has 5 nitrogen and oxygen atoms in total. The van der Waals surface area contributed by atoms with Gasteiger partial charge in [-0.25, -0.2) is 0 Å². The van der Waals surface area contributed by atoms with Crippen LogP contribution in [-0.2, 0) is 0 Å². The molecule has 1 aliphatic heterocycles. The van der Waals surface area contributed by atoms with Crippen molar-refractivity contribution in [2.24, 2.45) is 0 Å². The number of hydrogen-bond donors (Lipinski definition) is 2. The van der Waals surface area contributed by atoms with Crippen molar-refractivity contribution in [2.45, 2.75) is 38.6 Å². The molecule has 0 saturated carbocycles. The number of amides is 2. The lowest BCUT2D eigenvalue weighted by molar-refractivity contribution is 0.0697. The van der Waals surface area contributed by atoms with Crippen LogP contribution in [0.2, 0.25) is 0 Å². The summed E-state index contributed by atoms with van der Waals surface area (Å²) in [7, 11) is 0. The molecule has 1 fully saturated rings. The molecule has 1 heterocycles. The number of aromatic hydroxyl groups is 1. The Bertz CT molecular complexity index is 807. The zero-order valence-electron chi connectivity index (χ0n) is 15.8. The minimum Gasteiger partial charge on any atom is -0.508 e. The van der Waals surface area contributed by atoms with Gasteiger partial charge in [0.1, 0.15) is 5.75 Å². The molecule has 0 bridgehead atoms. The van der Waals surface area contributed by atoms with Gasteiger partial charge in [0.25, 0.3) is 11.8 Å². The van der Waals surface area contributed by atoms with Crippen molar-refractivity contribution in [3.05, 3.63) is 65.2 Å². The summed E-state index contributed by atoms with van der Waals surface area (Å²) >= 11 is 0. The number of carbonyl (C=O) groups is 2. The van der Waals surface area contributed by atoms with Gasteiger partial charge < -0.3 is 15.3 Å². The molecule has 0 spiro atoms. The smallest absolute Gasteiger partial charge is 0.253 e. The van der Waals surface area contributed by atoms with Gasteiger partial charge in [0.15, 0.2) is 0 Å². The molecule has 1 saturated heterocycles. The number of benzene rings is 2. The maximum Gasteiger partial charge on any atom is 0.253 e. The number of phenols is 1. The van der Waals surface area contributed by atoms with Crippen LogP contribution in [0.5, 0.6) is 5.75 Å². The first-order valence-electron chi connectivity index (χ1n) is 9.43. The van der Waals surface area contributed by atoms with E-state index in [0.29, 0.717) is 30.1 Å². The second-order valence-corrected chi connectivity index (χ2v) is 7.37. The van der Waals surface area contributed by atoms with Crippen LogP contribution in [0.4, 0.5) is 0 Å². The van der Waals surface area contributed by atoms with E-state index in [9.17, 15) is 14.7 Å². The van der Waals surface area contributed by atoms with E-state index in [2.05, 4.69) is 19.2 Å². The average Bonchev–Trinajstić information content (AvgIpc) is 2.68. The number of hydrogen-bond acceptors (Lipinski definition) is 3. The Kier molecular flexibility index (Phi) is 5.79. The first-order valence-corrected chi connectivity index (χ1v) is 9.43. The van der Waals surface area contributed by atoms with E-state index >= 15 is 0 Å². The van der Waals surface area contributed by atoms with Crippen LogP contribution in [-0.4, -0.2) is 41.0 Å². The number of nitrogens with one attached hydrogen (secondary N) is 1. The molecule has 0 aromatic heterocycles. The van der Waals surface area contributed by atoms with Gasteiger partial charge in [-0.05, 0) is 54.7 Å². The highest BCUT2D eigenvalue weighted by Crippen LogP contribution is 2.18. The van der Waals surface area contributed by atoms with E-state index in [-0.39, 0.29) is 23.6 Å². The predicted octanol–water partition coefficient (Wildman–Crippen LogP) is 3.55. The van der Waals surface area contributed by atoms with Gasteiger partial charge in [0, 0.05) is 30.3 Å². The van der Waals surface area contributed by atoms with Crippen LogP contribution >= 0.6 is 0 Å². The summed E-state index contributed by atoms with van der Waals surface area (Å²) in [6.45, 7) is 5.43. The van der Waals surface area contributed by atoms with Crippen molar-refractivity contribution in [3.8, 4) is 5.75 Å². The van der Waals surface area contributed by atoms with Gasteiger partial charge in [-0.1, -0.05) is 32.0 Å². The summed E-state index contributed by atoms with van der Waals surface area (Å²) < 4.78 is 0. The fraction of sp³-hybridized carbons (Fsp3) is 0.364. The van der Waals surface area contributed by atoms with E-state index in [1.807, 2.05) is 24.3 Å². The van der Waals surface area contributed by atoms with Gasteiger partial charge in [-0.15, -0.1) is 0 Å². The first-order chi connectivity index (χ1) is 12.9. The van der Waals surface area contributed by atoms with E-state index in [4.69, 9.17) is 0 Å². The van der Waals surface area contributed by atoms with Crippen molar-refractivity contribution in [2.75, 3.05) is 13.1 Å². The summed E-state index contributed by atoms with van der Waals surface area (Å²) in [6.07, 6.45) is 1.45. The molecule has 1 aliphatic rings. The number of piperidine rings is 1. The lowest BCUT2D eigenvalue weighted by Crippen LogP contribution is -2.46. The minimum absolute atomic E-state index is 0.0653. The Morgan fingerprint density at radius 3 is 2.30 bits per heavy atom. The van der Waals surface area contributed by atoms with E-state index in [0.717, 1.165) is 12.8 Å². The molecule has 0 aliphatic carbocycles. The van der Waals surface area contributed by atoms with Crippen LogP contribution in [0.15, 0.2) is 48.5 Å². The normalized spacial score (nSPS) is 15.0. The third-order valence-corrected chi connectivity index (χ3v) is 5.05. The third-order valence-electron chi connectivity index (χ3n) is 5.05. The lowest BCUT2D eigenvalue weighted by Gasteiger charge is -2.32. The molecule has 2 aromatic carbocycles. The lowest BCUT2D eigenvalue weighted by atomic mass is 10.0. The highest BCUT2D eigenvalue weighted by molar-refractivity contribution is 5.95. The summed E-state index contributed by atoms with van der Waals surface area (Å²) in [5.74, 6) is 0.380. The Morgan fingerprint density at radius 1 is 1.04 bits per heavy atom. The quantitative estimate of drug-likeness (QED) is 0.869. The first kappa shape index (κ1) is 19.0. The highest BCUT2D eigenvalue weighted by atomic mass is 16.3. The summed E-state index contributed by atoms with van der Waals surface area (Å²) in [5.41, 5.74) is 2.37. The Balaban J connectivity index is 1.53. The van der Waals surface area contributed by atoms with Crippen LogP contribution in [0.1, 0.15) is 58.9 Å². The molecule has 142 valence electrons. The Hall–Kier alpha value is -2.82. The molecule has 2 amide bonds. The van der Waals surface area contributed by atoms with Crippen molar-refractivity contribution in [1.29, 1.82) is 0 Å². The number of phenolic OH excluding ortho intramolecular Hbond substituents is 1. The standard InChI is InChI=1S/C22H26N2O3/c1-15(2)16-6-8-17(9-7-16)21(26)23-19-10-12-24(13-11-19)22(27)18-4-3-5-20(25)14-18/h3-9,14-15,19,25H,10-13H2,1-2H3,(H,23,26). The summed E-state index contributed by atoms with van der Waals surface area (Å²) in [6, 6.07) is 14.2. The van der Waals surface area contributed by atoms with Gasteiger partial charge in [-0.3, -0.25) is 9.59 Å². The van der Waals surface area contributed by atoms with E-state index < -0.39 is 0 Å². The molecule has 0 radical (unpaired) electrons. The number of rotatable bonds is 4. The maximum atomic E-state index is 12.5. The zero-order chi connectivity index (χ0) is 19.4. The van der Waals surface area contributed by atoms with Crippen molar-refractivity contribution in [3.63, 3.8) is 0 Å². The van der Waals surface area contributed by atoms with Crippen molar-refractivity contribution < 1.29 is 14.7 Å². The molecule has 3 rings (SSSR count).